The Bertz CT molecular complexity index is 465. The quantitative estimate of drug-likeness (QED) is 0.805. The van der Waals surface area contributed by atoms with Crippen LogP contribution in [0.2, 0.25) is 0 Å². The van der Waals surface area contributed by atoms with E-state index in [0.717, 1.165) is 19.6 Å². The molecule has 2 atom stereocenters. The van der Waals surface area contributed by atoms with Crippen molar-refractivity contribution in [1.82, 2.24) is 0 Å². The largest absolute Gasteiger partial charge is 0.487 e. The highest BCUT2D eigenvalue weighted by atomic mass is 16.5. The first kappa shape index (κ1) is 16.0. The predicted octanol–water partition coefficient (Wildman–Crippen LogP) is 1.35. The van der Waals surface area contributed by atoms with Crippen molar-refractivity contribution < 1.29 is 19.2 Å². The highest BCUT2D eigenvalue weighted by Crippen LogP contribution is 2.19. The highest BCUT2D eigenvalue weighted by Gasteiger charge is 2.25. The number of ether oxygens (including phenoxy) is 2. The summed E-state index contributed by atoms with van der Waals surface area (Å²) in [7, 11) is 0. The third-order valence-corrected chi connectivity index (χ3v) is 3.84. The van der Waals surface area contributed by atoms with Gasteiger partial charge in [0.25, 0.3) is 0 Å². The molecule has 1 aromatic carbocycles. The van der Waals surface area contributed by atoms with Crippen molar-refractivity contribution in [2.75, 3.05) is 26.2 Å². The maximum Gasteiger partial charge on any atom is 0.166 e. The first-order chi connectivity index (χ1) is 10.1. The van der Waals surface area contributed by atoms with Crippen molar-refractivity contribution in [2.24, 2.45) is 0 Å². The van der Waals surface area contributed by atoms with E-state index >= 15 is 0 Å². The minimum absolute atomic E-state index is 0.131. The molecule has 116 valence electrons. The van der Waals surface area contributed by atoms with E-state index in [0.29, 0.717) is 36.5 Å². The lowest BCUT2D eigenvalue weighted by atomic mass is 10.1. The van der Waals surface area contributed by atoms with Gasteiger partial charge in [-0.2, -0.15) is 0 Å². The second-order valence-electron chi connectivity index (χ2n) is 5.79. The number of Topliss-reactive ketones (excluding diaryl/α,β-unsaturated/α-hetero) is 1. The Hall–Kier alpha value is -1.39. The van der Waals surface area contributed by atoms with Crippen molar-refractivity contribution in [3.05, 3.63) is 29.8 Å². The first-order valence-electron chi connectivity index (χ1n) is 7.84. The van der Waals surface area contributed by atoms with Gasteiger partial charge in [0.2, 0.25) is 0 Å². The molecule has 4 nitrogen and oxygen atoms in total. The monoisotopic (exact) mass is 292 g/mol. The summed E-state index contributed by atoms with van der Waals surface area (Å²) < 4.78 is 11.6. The van der Waals surface area contributed by atoms with Crippen molar-refractivity contribution >= 4 is 5.78 Å². The van der Waals surface area contributed by atoms with E-state index in [-0.39, 0.29) is 5.78 Å². The van der Waals surface area contributed by atoms with Crippen LogP contribution in [0.1, 0.15) is 37.6 Å². The Labute approximate surface area is 127 Å². The zero-order chi connectivity index (χ0) is 15.2. The van der Waals surface area contributed by atoms with Gasteiger partial charge in [-0.25, -0.2) is 0 Å². The molecule has 1 aliphatic rings. The number of rotatable bonds is 6. The van der Waals surface area contributed by atoms with Crippen molar-refractivity contribution in [3.8, 4) is 5.75 Å². The SMILES string of the molecule is CCC(=O)c1ccccc1OCC[NH+]1C[C@H](C)O[C@@H](C)C1. The number of carbonyl (C=O) groups is 1. The molecule has 0 radical (unpaired) electrons. The summed E-state index contributed by atoms with van der Waals surface area (Å²) in [4.78, 5) is 13.4. The molecule has 1 fully saturated rings. The number of hydrogen-bond acceptors (Lipinski definition) is 3. The molecule has 1 N–H and O–H groups in total. The van der Waals surface area contributed by atoms with Gasteiger partial charge in [-0.3, -0.25) is 4.79 Å². The van der Waals surface area contributed by atoms with Crippen LogP contribution in [-0.2, 0) is 4.74 Å². The molecule has 4 heteroatoms. The molecule has 0 amide bonds. The van der Waals surface area contributed by atoms with Crippen molar-refractivity contribution in [2.45, 2.75) is 39.4 Å². The minimum Gasteiger partial charge on any atom is -0.487 e. The normalized spacial score (nSPS) is 25.6. The smallest absolute Gasteiger partial charge is 0.166 e. The zero-order valence-electron chi connectivity index (χ0n) is 13.2. The number of ketones is 1. The Balaban J connectivity index is 1.87. The molecule has 0 aromatic heterocycles. The fourth-order valence-electron chi connectivity index (χ4n) is 2.91. The van der Waals surface area contributed by atoms with Crippen LogP contribution in [-0.4, -0.2) is 44.2 Å². The van der Waals surface area contributed by atoms with E-state index in [9.17, 15) is 4.79 Å². The molecule has 2 rings (SSSR count). The number of nitrogens with one attached hydrogen (secondary N) is 1. The number of carbonyl (C=O) groups excluding carboxylic acids is 1. The van der Waals surface area contributed by atoms with Crippen molar-refractivity contribution in [3.63, 3.8) is 0 Å². The van der Waals surface area contributed by atoms with Gasteiger partial charge in [0.1, 0.15) is 44.2 Å². The van der Waals surface area contributed by atoms with Gasteiger partial charge >= 0.3 is 0 Å². The summed E-state index contributed by atoms with van der Waals surface area (Å²) in [6.45, 7) is 9.71. The van der Waals surface area contributed by atoms with Crippen LogP contribution in [0.3, 0.4) is 0 Å². The van der Waals surface area contributed by atoms with Gasteiger partial charge in [0.05, 0.1) is 5.56 Å². The number of quaternary nitrogens is 1. The van der Waals surface area contributed by atoms with E-state index in [4.69, 9.17) is 9.47 Å². The van der Waals surface area contributed by atoms with Gasteiger partial charge < -0.3 is 14.4 Å². The average molecular weight is 292 g/mol. The van der Waals surface area contributed by atoms with Gasteiger partial charge in [0, 0.05) is 6.42 Å². The van der Waals surface area contributed by atoms with Crippen LogP contribution in [0.5, 0.6) is 5.75 Å². The summed E-state index contributed by atoms with van der Waals surface area (Å²) in [5.74, 6) is 0.838. The Morgan fingerprint density at radius 1 is 1.29 bits per heavy atom. The van der Waals surface area contributed by atoms with Crippen LogP contribution in [0, 0.1) is 0 Å². The number of hydrogen-bond donors (Lipinski definition) is 1. The molecule has 0 saturated carbocycles. The molecule has 21 heavy (non-hydrogen) atoms. The van der Waals surface area contributed by atoms with Gasteiger partial charge in [-0.05, 0) is 26.0 Å². The molecule has 0 bridgehead atoms. The zero-order valence-corrected chi connectivity index (χ0v) is 13.2. The molecule has 1 heterocycles. The second-order valence-corrected chi connectivity index (χ2v) is 5.79. The standard InChI is InChI=1S/C17H25NO3/c1-4-16(19)15-7-5-6-8-17(15)20-10-9-18-11-13(2)21-14(3)12-18/h5-8,13-14H,4,9-12H2,1-3H3/p+1/t13-,14-/m0/s1. The molecule has 1 aromatic rings. The Morgan fingerprint density at radius 3 is 2.62 bits per heavy atom. The molecule has 1 saturated heterocycles. The molecular weight excluding hydrogens is 266 g/mol. The van der Waals surface area contributed by atoms with Crippen molar-refractivity contribution in [1.29, 1.82) is 0 Å². The predicted molar refractivity (Wildman–Crippen MR) is 82.1 cm³/mol. The Kier molecular flexibility index (Phi) is 5.76. The topological polar surface area (TPSA) is 40.0 Å². The fourth-order valence-corrected chi connectivity index (χ4v) is 2.91. The lowest BCUT2D eigenvalue weighted by Crippen LogP contribution is -3.16. The van der Waals surface area contributed by atoms with E-state index in [1.54, 1.807) is 0 Å². The summed E-state index contributed by atoms with van der Waals surface area (Å²) in [6, 6.07) is 7.51. The minimum atomic E-state index is 0.131. The number of para-hydroxylation sites is 1. The van der Waals surface area contributed by atoms with Gasteiger partial charge in [-0.1, -0.05) is 19.1 Å². The molecular formula is C17H26NO3+. The maximum atomic E-state index is 11.9. The van der Waals surface area contributed by atoms with E-state index < -0.39 is 0 Å². The molecule has 1 aliphatic heterocycles. The van der Waals surface area contributed by atoms with E-state index in [2.05, 4.69) is 13.8 Å². The first-order valence-corrected chi connectivity index (χ1v) is 7.84. The summed E-state index contributed by atoms with van der Waals surface area (Å²) >= 11 is 0. The van der Waals surface area contributed by atoms with Crippen LogP contribution < -0.4 is 9.64 Å². The summed E-state index contributed by atoms with van der Waals surface area (Å²) in [6.07, 6.45) is 1.11. The van der Waals surface area contributed by atoms with Crippen LogP contribution in [0.4, 0.5) is 0 Å². The Morgan fingerprint density at radius 2 is 1.95 bits per heavy atom. The van der Waals surface area contributed by atoms with Crippen LogP contribution >= 0.6 is 0 Å². The number of morpholine rings is 1. The highest BCUT2D eigenvalue weighted by molar-refractivity contribution is 5.98. The fraction of sp³-hybridized carbons (Fsp3) is 0.588. The van der Waals surface area contributed by atoms with Gasteiger partial charge in [0.15, 0.2) is 5.78 Å². The summed E-state index contributed by atoms with van der Waals surface area (Å²) in [5.41, 5.74) is 0.693. The third kappa shape index (κ3) is 4.55. The maximum absolute atomic E-state index is 11.9. The van der Waals surface area contributed by atoms with E-state index in [1.807, 2.05) is 31.2 Å². The number of benzene rings is 1. The average Bonchev–Trinajstić information content (AvgIpc) is 2.46. The lowest BCUT2D eigenvalue weighted by Gasteiger charge is -2.32. The lowest BCUT2D eigenvalue weighted by molar-refractivity contribution is -0.915. The summed E-state index contributed by atoms with van der Waals surface area (Å²) in [5, 5.41) is 0. The molecule has 0 spiro atoms. The van der Waals surface area contributed by atoms with Crippen LogP contribution in [0.25, 0.3) is 0 Å². The second kappa shape index (κ2) is 7.57. The molecule has 0 unspecified atom stereocenters. The van der Waals surface area contributed by atoms with E-state index in [1.165, 1.54) is 4.90 Å². The van der Waals surface area contributed by atoms with Crippen LogP contribution in [0.15, 0.2) is 24.3 Å². The van der Waals surface area contributed by atoms with Gasteiger partial charge in [-0.15, -0.1) is 0 Å². The third-order valence-electron chi connectivity index (χ3n) is 3.84. The molecule has 0 aliphatic carbocycles.